The zero-order valence-electron chi connectivity index (χ0n) is 17.2. The van der Waals surface area contributed by atoms with E-state index in [4.69, 9.17) is 4.74 Å². The number of ether oxygens (including phenoxy) is 1. The predicted molar refractivity (Wildman–Crippen MR) is 115 cm³/mol. The van der Waals surface area contributed by atoms with Crippen LogP contribution in [0.1, 0.15) is 60.5 Å². The molecule has 0 spiro atoms. The Hall–Kier alpha value is -2.38. The van der Waals surface area contributed by atoms with Gasteiger partial charge in [0.25, 0.3) is 5.91 Å². The number of nitrogens with one attached hydrogen (secondary N) is 1. The van der Waals surface area contributed by atoms with E-state index in [0.717, 1.165) is 49.8 Å². The molecule has 1 aliphatic heterocycles. The molecule has 1 N–H and O–H groups in total. The molecule has 1 aliphatic carbocycles. The topological polar surface area (TPSA) is 75.7 Å². The summed E-state index contributed by atoms with van der Waals surface area (Å²) in [6.07, 6.45) is 5.71. The smallest absolute Gasteiger partial charge is 0.254 e. The van der Waals surface area contributed by atoms with Crippen molar-refractivity contribution in [2.24, 2.45) is 0 Å². The molecular formula is C23H28N2O4S. The number of rotatable bonds is 6. The molecule has 7 heteroatoms. The number of likely N-dealkylation sites (tertiary alicyclic amines) is 1. The molecule has 2 aromatic carbocycles. The first kappa shape index (κ1) is 20.9. The van der Waals surface area contributed by atoms with Crippen LogP contribution in [0.3, 0.4) is 0 Å². The summed E-state index contributed by atoms with van der Waals surface area (Å²) in [6, 6.07) is 14.2. The number of benzene rings is 2. The number of hydrogen-bond acceptors (Lipinski definition) is 4. The molecule has 6 nitrogen and oxygen atoms in total. The van der Waals surface area contributed by atoms with Gasteiger partial charge >= 0.3 is 0 Å². The van der Waals surface area contributed by atoms with Gasteiger partial charge in [-0.15, -0.1) is 0 Å². The lowest BCUT2D eigenvalue weighted by atomic mass is 10.00. The van der Waals surface area contributed by atoms with Crippen molar-refractivity contribution in [3.8, 4) is 5.75 Å². The number of methoxy groups -OCH3 is 1. The minimum absolute atomic E-state index is 0.0272. The highest BCUT2D eigenvalue weighted by molar-refractivity contribution is 7.89. The predicted octanol–water partition coefficient (Wildman–Crippen LogP) is 3.89. The summed E-state index contributed by atoms with van der Waals surface area (Å²) >= 11 is 0. The number of carbonyl (C=O) groups excluding carboxylic acids is 1. The molecule has 0 aromatic heterocycles. The number of nitrogens with zero attached hydrogens (tertiary/aromatic N) is 1. The van der Waals surface area contributed by atoms with Crippen molar-refractivity contribution >= 4 is 15.9 Å². The van der Waals surface area contributed by atoms with Crippen LogP contribution in [0.4, 0.5) is 0 Å². The quantitative estimate of drug-likeness (QED) is 0.757. The Kier molecular flexibility index (Phi) is 6.11. The zero-order chi connectivity index (χ0) is 21.1. The van der Waals surface area contributed by atoms with Crippen LogP contribution in [0.25, 0.3) is 0 Å². The largest absolute Gasteiger partial charge is 0.497 e. The summed E-state index contributed by atoms with van der Waals surface area (Å²) in [7, 11) is -1.96. The molecular weight excluding hydrogens is 400 g/mol. The van der Waals surface area contributed by atoms with Crippen molar-refractivity contribution in [2.75, 3.05) is 13.7 Å². The average molecular weight is 429 g/mol. The minimum atomic E-state index is -3.60. The van der Waals surface area contributed by atoms with Gasteiger partial charge in [-0.2, -0.15) is 0 Å². The summed E-state index contributed by atoms with van der Waals surface area (Å²) in [6.45, 7) is 0.660. The molecule has 160 valence electrons. The third-order valence-corrected chi connectivity index (χ3v) is 7.32. The van der Waals surface area contributed by atoms with E-state index in [-0.39, 0.29) is 22.9 Å². The molecule has 0 radical (unpaired) electrons. The Balaban J connectivity index is 1.61. The maximum Gasteiger partial charge on any atom is 0.254 e. The standard InChI is InChI=1S/C23H28N2O4S/c1-29-20-13-9-17(10-14-20)22-8-3-2-4-15-25(22)23(26)18-6-5-7-21(16-18)30(27,28)24-19-11-12-19/h5-7,9-10,13-14,16,19,22,24H,2-4,8,11-12,15H2,1H3. The first-order valence-corrected chi connectivity index (χ1v) is 12.0. The number of carbonyl (C=O) groups is 1. The van der Waals surface area contributed by atoms with Crippen LogP contribution in [0, 0.1) is 0 Å². The fourth-order valence-electron chi connectivity index (χ4n) is 3.97. The van der Waals surface area contributed by atoms with Crippen LogP contribution in [0.15, 0.2) is 53.4 Å². The number of amides is 1. The van der Waals surface area contributed by atoms with Gasteiger partial charge in [-0.25, -0.2) is 13.1 Å². The third-order valence-electron chi connectivity index (χ3n) is 5.80. The van der Waals surface area contributed by atoms with Gasteiger partial charge in [0.1, 0.15) is 5.75 Å². The lowest BCUT2D eigenvalue weighted by Gasteiger charge is -2.31. The maximum atomic E-state index is 13.5. The van der Waals surface area contributed by atoms with Crippen LogP contribution in [0.2, 0.25) is 0 Å². The highest BCUT2D eigenvalue weighted by Gasteiger charge is 2.30. The van der Waals surface area contributed by atoms with Crippen molar-refractivity contribution in [3.63, 3.8) is 0 Å². The van der Waals surface area contributed by atoms with Crippen molar-refractivity contribution in [3.05, 3.63) is 59.7 Å². The van der Waals surface area contributed by atoms with Gasteiger partial charge in [0, 0.05) is 18.2 Å². The molecule has 1 amide bonds. The van der Waals surface area contributed by atoms with Crippen molar-refractivity contribution in [1.29, 1.82) is 0 Å². The van der Waals surface area contributed by atoms with Gasteiger partial charge in [-0.3, -0.25) is 4.79 Å². The van der Waals surface area contributed by atoms with E-state index in [0.29, 0.717) is 12.1 Å². The Morgan fingerprint density at radius 2 is 1.80 bits per heavy atom. The van der Waals surface area contributed by atoms with Gasteiger partial charge in [0.2, 0.25) is 10.0 Å². The van der Waals surface area contributed by atoms with E-state index < -0.39 is 10.0 Å². The van der Waals surface area contributed by atoms with Crippen LogP contribution in [-0.4, -0.2) is 38.9 Å². The average Bonchev–Trinajstić information content (AvgIpc) is 3.59. The molecule has 1 saturated carbocycles. The summed E-state index contributed by atoms with van der Waals surface area (Å²) in [5, 5.41) is 0. The van der Waals surface area contributed by atoms with E-state index in [9.17, 15) is 13.2 Å². The second-order valence-corrected chi connectivity index (χ2v) is 9.77. The molecule has 30 heavy (non-hydrogen) atoms. The van der Waals surface area contributed by atoms with Crippen molar-refractivity contribution < 1.29 is 17.9 Å². The molecule has 1 atom stereocenters. The molecule has 1 unspecified atom stereocenters. The maximum absolute atomic E-state index is 13.5. The summed E-state index contributed by atoms with van der Waals surface area (Å²) < 4.78 is 33.1. The second-order valence-electron chi connectivity index (χ2n) is 8.06. The first-order valence-electron chi connectivity index (χ1n) is 10.6. The molecule has 0 bridgehead atoms. The van der Waals surface area contributed by atoms with E-state index >= 15 is 0 Å². The van der Waals surface area contributed by atoms with Gasteiger partial charge < -0.3 is 9.64 Å². The van der Waals surface area contributed by atoms with Gasteiger partial charge in [-0.05, 0) is 61.6 Å². The van der Waals surface area contributed by atoms with E-state index in [1.165, 1.54) is 6.07 Å². The van der Waals surface area contributed by atoms with Gasteiger partial charge in [-0.1, -0.05) is 31.0 Å². The molecule has 2 fully saturated rings. The Morgan fingerprint density at radius 3 is 2.50 bits per heavy atom. The third kappa shape index (κ3) is 4.68. The summed E-state index contributed by atoms with van der Waals surface area (Å²) in [4.78, 5) is 15.5. The SMILES string of the molecule is COc1ccc(C2CCCCCN2C(=O)c2cccc(S(=O)(=O)NC3CC3)c2)cc1. The highest BCUT2D eigenvalue weighted by atomic mass is 32.2. The van der Waals surface area contributed by atoms with Crippen molar-refractivity contribution in [2.45, 2.75) is 55.5 Å². The number of hydrogen-bond donors (Lipinski definition) is 1. The summed E-state index contributed by atoms with van der Waals surface area (Å²) in [5.74, 6) is 0.660. The minimum Gasteiger partial charge on any atom is -0.497 e. The fourth-order valence-corrected chi connectivity index (χ4v) is 5.33. The first-order chi connectivity index (χ1) is 14.5. The Bertz CT molecular complexity index is 1000. The molecule has 1 saturated heterocycles. The van der Waals surface area contributed by atoms with Gasteiger partial charge in [0.05, 0.1) is 18.0 Å². The molecule has 1 heterocycles. The normalized spacial score (nSPS) is 19.9. The second kappa shape index (κ2) is 8.78. The van der Waals surface area contributed by atoms with Crippen molar-refractivity contribution in [1.82, 2.24) is 9.62 Å². The molecule has 2 aromatic rings. The summed E-state index contributed by atoms with van der Waals surface area (Å²) in [5.41, 5.74) is 1.49. The van der Waals surface area contributed by atoms with E-state index in [1.54, 1.807) is 25.3 Å². The van der Waals surface area contributed by atoms with E-state index in [1.807, 2.05) is 29.2 Å². The fraction of sp³-hybridized carbons (Fsp3) is 0.435. The van der Waals surface area contributed by atoms with E-state index in [2.05, 4.69) is 4.72 Å². The molecule has 4 rings (SSSR count). The lowest BCUT2D eigenvalue weighted by Crippen LogP contribution is -2.35. The Morgan fingerprint density at radius 1 is 1.03 bits per heavy atom. The molecule has 2 aliphatic rings. The zero-order valence-corrected chi connectivity index (χ0v) is 18.0. The highest BCUT2D eigenvalue weighted by Crippen LogP contribution is 2.32. The van der Waals surface area contributed by atoms with Crippen LogP contribution in [-0.2, 0) is 10.0 Å². The Labute approximate surface area is 178 Å². The number of sulfonamides is 1. The van der Waals surface area contributed by atoms with Crippen LogP contribution in [0.5, 0.6) is 5.75 Å². The van der Waals surface area contributed by atoms with Gasteiger partial charge in [0.15, 0.2) is 0 Å². The lowest BCUT2D eigenvalue weighted by molar-refractivity contribution is 0.0680. The van der Waals surface area contributed by atoms with Crippen LogP contribution < -0.4 is 9.46 Å². The van der Waals surface area contributed by atoms with Crippen LogP contribution >= 0.6 is 0 Å². The monoisotopic (exact) mass is 428 g/mol.